The highest BCUT2D eigenvalue weighted by atomic mass is 79.9. The van der Waals surface area contributed by atoms with Gasteiger partial charge in [0.2, 0.25) is 5.95 Å². The number of rotatable bonds is 2. The minimum atomic E-state index is -0.940. The summed E-state index contributed by atoms with van der Waals surface area (Å²) in [5, 5.41) is 2.21. The van der Waals surface area contributed by atoms with E-state index in [1.165, 1.54) is 18.5 Å². The van der Waals surface area contributed by atoms with Crippen molar-refractivity contribution >= 4 is 27.8 Å². The van der Waals surface area contributed by atoms with Gasteiger partial charge < -0.3 is 0 Å². The summed E-state index contributed by atoms with van der Waals surface area (Å²) in [5.74, 6) is -2.85. The molecule has 2 aromatic rings. The highest BCUT2D eigenvalue weighted by Gasteiger charge is 2.17. The molecule has 2 rings (SSSR count). The van der Waals surface area contributed by atoms with Crippen LogP contribution in [0, 0.1) is 11.6 Å². The van der Waals surface area contributed by atoms with Crippen LogP contribution >= 0.6 is 15.9 Å². The van der Waals surface area contributed by atoms with Crippen molar-refractivity contribution < 1.29 is 13.6 Å². The molecule has 0 radical (unpaired) electrons. The van der Waals surface area contributed by atoms with Crippen LogP contribution in [-0.4, -0.2) is 15.9 Å². The van der Waals surface area contributed by atoms with E-state index in [-0.39, 0.29) is 5.95 Å². The Balaban J connectivity index is 2.25. The Morgan fingerprint density at radius 2 is 1.72 bits per heavy atom. The van der Waals surface area contributed by atoms with Crippen LogP contribution in [0.2, 0.25) is 0 Å². The molecular weight excluding hydrogens is 308 g/mol. The molecule has 7 heteroatoms. The van der Waals surface area contributed by atoms with Crippen LogP contribution in [0.15, 0.2) is 35.1 Å². The number of carbonyl (C=O) groups is 1. The lowest BCUT2D eigenvalue weighted by atomic mass is 10.2. The van der Waals surface area contributed by atoms with Gasteiger partial charge in [0.15, 0.2) is 0 Å². The number of hydrogen-bond donors (Lipinski definition) is 1. The number of carbonyl (C=O) groups excluding carboxylic acids is 1. The molecular formula is C11H6BrF2N3O. The lowest BCUT2D eigenvalue weighted by Gasteiger charge is -2.05. The van der Waals surface area contributed by atoms with Gasteiger partial charge in [-0.1, -0.05) is 6.07 Å². The molecule has 0 bridgehead atoms. The maximum Gasteiger partial charge on any atom is 0.263 e. The van der Waals surface area contributed by atoms with Crippen LogP contribution < -0.4 is 5.32 Å². The number of nitrogens with zero attached hydrogens (tertiary/aromatic N) is 2. The SMILES string of the molecule is O=C(Nc1ncc(Br)cn1)c1c(F)cccc1F. The number of benzene rings is 1. The van der Waals surface area contributed by atoms with Crippen molar-refractivity contribution in [2.75, 3.05) is 5.32 Å². The van der Waals surface area contributed by atoms with Crippen molar-refractivity contribution in [1.82, 2.24) is 9.97 Å². The molecule has 1 aromatic carbocycles. The summed E-state index contributed by atoms with van der Waals surface area (Å²) in [6, 6.07) is 3.18. The Bertz CT molecular complexity index is 569. The normalized spacial score (nSPS) is 10.2. The monoisotopic (exact) mass is 313 g/mol. The van der Waals surface area contributed by atoms with E-state index >= 15 is 0 Å². The predicted molar refractivity (Wildman–Crippen MR) is 64.0 cm³/mol. The smallest absolute Gasteiger partial charge is 0.263 e. The molecule has 0 fully saturated rings. The van der Waals surface area contributed by atoms with Crippen molar-refractivity contribution in [1.29, 1.82) is 0 Å². The Morgan fingerprint density at radius 1 is 1.17 bits per heavy atom. The second-order valence-electron chi connectivity index (χ2n) is 3.28. The van der Waals surface area contributed by atoms with Crippen LogP contribution in [0.5, 0.6) is 0 Å². The van der Waals surface area contributed by atoms with Gasteiger partial charge in [0.25, 0.3) is 5.91 Å². The van der Waals surface area contributed by atoms with Crippen LogP contribution in [0.1, 0.15) is 10.4 Å². The van der Waals surface area contributed by atoms with Gasteiger partial charge in [-0.2, -0.15) is 0 Å². The highest BCUT2D eigenvalue weighted by Crippen LogP contribution is 2.14. The summed E-state index contributed by atoms with van der Waals surface area (Å²) in [6.07, 6.45) is 2.81. The average Bonchev–Trinajstić information content (AvgIpc) is 2.32. The Hall–Kier alpha value is -1.89. The number of aromatic nitrogens is 2. The van der Waals surface area contributed by atoms with Crippen LogP contribution in [0.3, 0.4) is 0 Å². The molecule has 92 valence electrons. The fourth-order valence-corrected chi connectivity index (χ4v) is 1.46. The van der Waals surface area contributed by atoms with Gasteiger partial charge >= 0.3 is 0 Å². The first kappa shape index (κ1) is 12.6. The number of hydrogen-bond acceptors (Lipinski definition) is 3. The zero-order valence-electron chi connectivity index (χ0n) is 8.82. The summed E-state index contributed by atoms with van der Waals surface area (Å²) >= 11 is 3.12. The molecule has 0 unspecified atom stereocenters. The van der Waals surface area contributed by atoms with E-state index in [1.54, 1.807) is 0 Å². The van der Waals surface area contributed by atoms with Crippen LogP contribution in [-0.2, 0) is 0 Å². The first-order valence-electron chi connectivity index (χ1n) is 4.81. The molecule has 0 aliphatic rings. The van der Waals surface area contributed by atoms with Gasteiger partial charge in [0, 0.05) is 12.4 Å². The quantitative estimate of drug-likeness (QED) is 0.927. The zero-order valence-corrected chi connectivity index (χ0v) is 10.4. The van der Waals surface area contributed by atoms with E-state index < -0.39 is 23.1 Å². The van der Waals surface area contributed by atoms with Gasteiger partial charge in [0.05, 0.1) is 4.47 Å². The molecule has 4 nitrogen and oxygen atoms in total. The largest absolute Gasteiger partial charge is 0.290 e. The molecule has 18 heavy (non-hydrogen) atoms. The lowest BCUT2D eigenvalue weighted by molar-refractivity contribution is 0.101. The highest BCUT2D eigenvalue weighted by molar-refractivity contribution is 9.10. The van der Waals surface area contributed by atoms with E-state index in [0.717, 1.165) is 12.1 Å². The third-order valence-corrected chi connectivity index (χ3v) is 2.44. The lowest BCUT2D eigenvalue weighted by Crippen LogP contribution is -2.17. The fourth-order valence-electron chi connectivity index (χ4n) is 1.26. The number of nitrogens with one attached hydrogen (secondary N) is 1. The first-order valence-corrected chi connectivity index (χ1v) is 5.60. The van der Waals surface area contributed by atoms with Crippen molar-refractivity contribution in [3.63, 3.8) is 0 Å². The molecule has 0 aliphatic heterocycles. The number of anilines is 1. The minimum Gasteiger partial charge on any atom is -0.290 e. The van der Waals surface area contributed by atoms with Crippen molar-refractivity contribution in [3.05, 3.63) is 52.3 Å². The van der Waals surface area contributed by atoms with Gasteiger partial charge in [-0.3, -0.25) is 10.1 Å². The molecule has 0 spiro atoms. The molecule has 1 heterocycles. The summed E-state index contributed by atoms with van der Waals surface area (Å²) in [7, 11) is 0. The zero-order chi connectivity index (χ0) is 13.1. The molecule has 0 aliphatic carbocycles. The molecule has 1 aromatic heterocycles. The molecule has 1 N–H and O–H groups in total. The predicted octanol–water partition coefficient (Wildman–Crippen LogP) is 2.77. The van der Waals surface area contributed by atoms with Gasteiger partial charge in [-0.25, -0.2) is 18.7 Å². The number of amides is 1. The molecule has 0 saturated heterocycles. The Labute approximate surface area is 109 Å². The molecule has 0 atom stereocenters. The third-order valence-electron chi connectivity index (χ3n) is 2.04. The Kier molecular flexibility index (Phi) is 3.61. The van der Waals surface area contributed by atoms with E-state index in [0.29, 0.717) is 4.47 Å². The summed E-state index contributed by atoms with van der Waals surface area (Å²) in [6.45, 7) is 0. The second kappa shape index (κ2) is 5.18. The maximum absolute atomic E-state index is 13.3. The van der Waals surface area contributed by atoms with E-state index in [9.17, 15) is 13.6 Å². The first-order chi connectivity index (χ1) is 8.58. The van der Waals surface area contributed by atoms with Gasteiger partial charge in [-0.05, 0) is 28.1 Å². The van der Waals surface area contributed by atoms with Crippen LogP contribution in [0.25, 0.3) is 0 Å². The van der Waals surface area contributed by atoms with Crippen molar-refractivity contribution in [3.8, 4) is 0 Å². The standard InChI is InChI=1S/C11H6BrF2N3O/c12-6-4-15-11(16-5-6)17-10(18)9-7(13)2-1-3-8(9)14/h1-5H,(H,15,16,17,18). The minimum absolute atomic E-state index is 0.0362. The third kappa shape index (κ3) is 2.67. The van der Waals surface area contributed by atoms with E-state index in [4.69, 9.17) is 0 Å². The van der Waals surface area contributed by atoms with Gasteiger partial charge in [0.1, 0.15) is 17.2 Å². The topological polar surface area (TPSA) is 54.9 Å². The summed E-state index contributed by atoms with van der Waals surface area (Å²) in [4.78, 5) is 19.2. The molecule has 0 saturated carbocycles. The maximum atomic E-state index is 13.3. The van der Waals surface area contributed by atoms with Crippen molar-refractivity contribution in [2.24, 2.45) is 0 Å². The Morgan fingerprint density at radius 3 is 2.28 bits per heavy atom. The fraction of sp³-hybridized carbons (Fsp3) is 0. The van der Waals surface area contributed by atoms with E-state index in [2.05, 4.69) is 31.2 Å². The van der Waals surface area contributed by atoms with Crippen molar-refractivity contribution in [2.45, 2.75) is 0 Å². The van der Waals surface area contributed by atoms with Crippen LogP contribution in [0.4, 0.5) is 14.7 Å². The summed E-state index contributed by atoms with van der Waals surface area (Å²) < 4.78 is 27.3. The number of halogens is 3. The van der Waals surface area contributed by atoms with Gasteiger partial charge in [-0.15, -0.1) is 0 Å². The molecule has 1 amide bonds. The second-order valence-corrected chi connectivity index (χ2v) is 4.19. The average molecular weight is 314 g/mol. The van der Waals surface area contributed by atoms with E-state index in [1.807, 2.05) is 0 Å². The summed E-state index contributed by atoms with van der Waals surface area (Å²) in [5.41, 5.74) is -0.663.